The van der Waals surface area contributed by atoms with Gasteiger partial charge in [0.05, 0.1) is 16.9 Å². The number of amides is 1. The van der Waals surface area contributed by atoms with Gasteiger partial charge in [0.2, 0.25) is 0 Å². The third kappa shape index (κ3) is 3.97. The average molecular weight is 358 g/mol. The second-order valence-electron chi connectivity index (χ2n) is 5.35. The van der Waals surface area contributed by atoms with Gasteiger partial charge in [0.1, 0.15) is 0 Å². The number of hydrogen-bond acceptors (Lipinski definition) is 4. The SMILES string of the molecule is O=C(Nc1ccc(F)c(F)c1F)c1cncc(NCc2cccnc2)c1. The van der Waals surface area contributed by atoms with Crippen LogP contribution in [0.4, 0.5) is 24.5 Å². The van der Waals surface area contributed by atoms with E-state index in [0.717, 1.165) is 17.7 Å². The number of carbonyl (C=O) groups is 1. The van der Waals surface area contributed by atoms with Gasteiger partial charge < -0.3 is 10.6 Å². The Balaban J connectivity index is 1.71. The molecule has 0 saturated carbocycles. The molecule has 0 unspecified atom stereocenters. The first kappa shape index (κ1) is 17.4. The number of anilines is 2. The number of pyridine rings is 2. The Bertz CT molecular complexity index is 935. The summed E-state index contributed by atoms with van der Waals surface area (Å²) in [5, 5.41) is 5.28. The van der Waals surface area contributed by atoms with Gasteiger partial charge in [0.15, 0.2) is 17.5 Å². The fraction of sp³-hybridized carbons (Fsp3) is 0.0556. The number of rotatable bonds is 5. The van der Waals surface area contributed by atoms with Gasteiger partial charge in [-0.25, -0.2) is 13.2 Å². The zero-order chi connectivity index (χ0) is 18.5. The third-order valence-electron chi connectivity index (χ3n) is 3.50. The third-order valence-corrected chi connectivity index (χ3v) is 3.50. The average Bonchev–Trinajstić information content (AvgIpc) is 2.68. The monoisotopic (exact) mass is 358 g/mol. The molecule has 0 radical (unpaired) electrons. The van der Waals surface area contributed by atoms with Crippen molar-refractivity contribution in [3.63, 3.8) is 0 Å². The zero-order valence-corrected chi connectivity index (χ0v) is 13.3. The molecule has 0 saturated heterocycles. The minimum atomic E-state index is -1.65. The number of benzene rings is 1. The zero-order valence-electron chi connectivity index (χ0n) is 13.3. The van der Waals surface area contributed by atoms with Gasteiger partial charge >= 0.3 is 0 Å². The minimum absolute atomic E-state index is 0.130. The Morgan fingerprint density at radius 3 is 2.62 bits per heavy atom. The summed E-state index contributed by atoms with van der Waals surface area (Å²) in [6.07, 6.45) is 6.16. The van der Waals surface area contributed by atoms with Crippen molar-refractivity contribution in [2.24, 2.45) is 0 Å². The lowest BCUT2D eigenvalue weighted by atomic mass is 10.2. The van der Waals surface area contributed by atoms with E-state index in [1.807, 2.05) is 6.07 Å². The molecular weight excluding hydrogens is 345 g/mol. The molecule has 0 spiro atoms. The van der Waals surface area contributed by atoms with Crippen LogP contribution >= 0.6 is 0 Å². The van der Waals surface area contributed by atoms with Crippen LogP contribution in [0.15, 0.2) is 55.1 Å². The van der Waals surface area contributed by atoms with Crippen LogP contribution in [0.2, 0.25) is 0 Å². The largest absolute Gasteiger partial charge is 0.380 e. The lowest BCUT2D eigenvalue weighted by molar-refractivity contribution is 0.102. The van der Waals surface area contributed by atoms with Gasteiger partial charge in [-0.2, -0.15) is 0 Å². The Morgan fingerprint density at radius 1 is 1.00 bits per heavy atom. The number of halogens is 3. The highest BCUT2D eigenvalue weighted by molar-refractivity contribution is 6.04. The summed E-state index contributed by atoms with van der Waals surface area (Å²) in [6.45, 7) is 0.471. The van der Waals surface area contributed by atoms with Crippen molar-refractivity contribution in [2.45, 2.75) is 6.54 Å². The van der Waals surface area contributed by atoms with Crippen molar-refractivity contribution in [1.29, 1.82) is 0 Å². The summed E-state index contributed by atoms with van der Waals surface area (Å²) in [6, 6.07) is 6.88. The van der Waals surface area contributed by atoms with Crippen LogP contribution < -0.4 is 10.6 Å². The molecule has 2 heterocycles. The van der Waals surface area contributed by atoms with E-state index in [1.165, 1.54) is 18.5 Å². The molecule has 8 heteroatoms. The first-order chi connectivity index (χ1) is 12.5. The molecule has 1 amide bonds. The van der Waals surface area contributed by atoms with Crippen molar-refractivity contribution < 1.29 is 18.0 Å². The molecule has 0 atom stereocenters. The van der Waals surface area contributed by atoms with Crippen LogP contribution in [0.25, 0.3) is 0 Å². The maximum atomic E-state index is 13.7. The summed E-state index contributed by atoms with van der Waals surface area (Å²) < 4.78 is 39.9. The summed E-state index contributed by atoms with van der Waals surface area (Å²) in [4.78, 5) is 20.2. The van der Waals surface area contributed by atoms with Gasteiger partial charge in [-0.05, 0) is 29.8 Å². The highest BCUT2D eigenvalue weighted by Gasteiger charge is 2.16. The van der Waals surface area contributed by atoms with Crippen LogP contribution in [-0.2, 0) is 6.54 Å². The maximum absolute atomic E-state index is 13.7. The Morgan fingerprint density at radius 2 is 1.85 bits per heavy atom. The van der Waals surface area contributed by atoms with E-state index in [9.17, 15) is 18.0 Å². The molecule has 0 aliphatic carbocycles. The summed E-state index contributed by atoms with van der Waals surface area (Å²) in [7, 11) is 0. The van der Waals surface area contributed by atoms with E-state index in [-0.39, 0.29) is 5.56 Å². The van der Waals surface area contributed by atoms with E-state index < -0.39 is 29.0 Å². The number of nitrogens with one attached hydrogen (secondary N) is 2. The van der Waals surface area contributed by atoms with Crippen molar-refractivity contribution in [3.05, 3.63) is 83.7 Å². The number of carbonyl (C=O) groups excluding carboxylic acids is 1. The highest BCUT2D eigenvalue weighted by Crippen LogP contribution is 2.20. The van der Waals surface area contributed by atoms with Crippen molar-refractivity contribution in [2.75, 3.05) is 10.6 Å². The van der Waals surface area contributed by atoms with Crippen LogP contribution in [0.3, 0.4) is 0 Å². The standard InChI is InChI=1S/C18H13F3N4O/c19-14-3-4-15(17(21)16(14)20)25-18(26)12-6-13(10-23-9-12)24-8-11-2-1-5-22-7-11/h1-7,9-10,24H,8H2,(H,25,26). The highest BCUT2D eigenvalue weighted by atomic mass is 19.2. The smallest absolute Gasteiger partial charge is 0.257 e. The van der Waals surface area contributed by atoms with Crippen LogP contribution in [0.5, 0.6) is 0 Å². The van der Waals surface area contributed by atoms with Crippen LogP contribution in [0, 0.1) is 17.5 Å². The molecule has 0 fully saturated rings. The lowest BCUT2D eigenvalue weighted by Gasteiger charge is -2.09. The van der Waals surface area contributed by atoms with Gasteiger partial charge in [-0.15, -0.1) is 0 Å². The van der Waals surface area contributed by atoms with E-state index in [0.29, 0.717) is 12.2 Å². The molecule has 2 N–H and O–H groups in total. The molecule has 26 heavy (non-hydrogen) atoms. The normalized spacial score (nSPS) is 10.4. The van der Waals surface area contributed by atoms with Crippen molar-refractivity contribution >= 4 is 17.3 Å². The molecule has 0 bridgehead atoms. The number of aromatic nitrogens is 2. The van der Waals surface area contributed by atoms with Gasteiger partial charge in [0, 0.05) is 31.3 Å². The lowest BCUT2D eigenvalue weighted by Crippen LogP contribution is -2.14. The van der Waals surface area contributed by atoms with Crippen molar-refractivity contribution in [1.82, 2.24) is 9.97 Å². The van der Waals surface area contributed by atoms with Gasteiger partial charge in [-0.3, -0.25) is 14.8 Å². The molecule has 132 valence electrons. The van der Waals surface area contributed by atoms with Crippen LogP contribution in [-0.4, -0.2) is 15.9 Å². The predicted molar refractivity (Wildman–Crippen MR) is 90.1 cm³/mol. The fourth-order valence-corrected chi connectivity index (χ4v) is 2.18. The Kier molecular flexibility index (Phi) is 5.12. The first-order valence-corrected chi connectivity index (χ1v) is 7.57. The van der Waals surface area contributed by atoms with Crippen molar-refractivity contribution in [3.8, 4) is 0 Å². The minimum Gasteiger partial charge on any atom is -0.380 e. The van der Waals surface area contributed by atoms with E-state index >= 15 is 0 Å². The predicted octanol–water partition coefficient (Wildman–Crippen LogP) is 3.76. The molecule has 2 aromatic heterocycles. The van der Waals surface area contributed by atoms with E-state index in [1.54, 1.807) is 18.5 Å². The maximum Gasteiger partial charge on any atom is 0.257 e. The molecule has 5 nitrogen and oxygen atoms in total. The fourth-order valence-electron chi connectivity index (χ4n) is 2.18. The number of hydrogen-bond donors (Lipinski definition) is 2. The molecule has 3 rings (SSSR count). The second kappa shape index (κ2) is 7.64. The summed E-state index contributed by atoms with van der Waals surface area (Å²) in [5.74, 6) is -5.14. The molecule has 0 aliphatic heterocycles. The van der Waals surface area contributed by atoms with Crippen LogP contribution in [0.1, 0.15) is 15.9 Å². The van der Waals surface area contributed by atoms with Gasteiger partial charge in [0.25, 0.3) is 5.91 Å². The molecule has 1 aromatic carbocycles. The Labute approximate surface area is 146 Å². The van der Waals surface area contributed by atoms with Gasteiger partial charge in [-0.1, -0.05) is 6.07 Å². The first-order valence-electron chi connectivity index (χ1n) is 7.57. The van der Waals surface area contributed by atoms with E-state index in [2.05, 4.69) is 20.6 Å². The molecular formula is C18H13F3N4O. The molecule has 3 aromatic rings. The number of nitrogens with zero attached hydrogens (tertiary/aromatic N) is 2. The summed E-state index contributed by atoms with van der Waals surface area (Å²) >= 11 is 0. The Hall–Kier alpha value is -3.42. The molecule has 0 aliphatic rings. The second-order valence-corrected chi connectivity index (χ2v) is 5.35. The topological polar surface area (TPSA) is 66.9 Å². The van der Waals surface area contributed by atoms with E-state index in [4.69, 9.17) is 0 Å². The summed E-state index contributed by atoms with van der Waals surface area (Å²) in [5.41, 5.74) is 1.17. The quantitative estimate of drug-likeness (QED) is 0.682.